The molecule has 2 heteroatoms. The average Bonchev–Trinajstić information content (AvgIpc) is 2.57. The Morgan fingerprint density at radius 3 is 2.78 bits per heavy atom. The molecule has 2 aliphatic rings. The number of hydrogen-bond acceptors (Lipinski definition) is 2. The summed E-state index contributed by atoms with van der Waals surface area (Å²) in [6, 6.07) is 15.6. The van der Waals surface area contributed by atoms with E-state index in [1.54, 1.807) is 5.56 Å². The summed E-state index contributed by atoms with van der Waals surface area (Å²) in [6.07, 6.45) is 1.17. The Morgan fingerprint density at radius 2 is 1.78 bits per heavy atom. The molecule has 1 N–H and O–H groups in total. The Hall–Kier alpha value is -1.25. The number of nitrogens with one attached hydrogen (secondary N) is 1. The Bertz CT molecular complexity index is 606. The van der Waals surface area contributed by atoms with Crippen molar-refractivity contribution in [3.63, 3.8) is 0 Å². The van der Waals surface area contributed by atoms with Crippen LogP contribution in [0, 0.1) is 0 Å². The van der Waals surface area contributed by atoms with Gasteiger partial charge in [0.25, 0.3) is 0 Å². The molecule has 0 fully saturated rings. The van der Waals surface area contributed by atoms with Crippen molar-refractivity contribution < 1.29 is 0 Å². The van der Waals surface area contributed by atoms with Crippen LogP contribution in [0.5, 0.6) is 0 Å². The molecule has 0 aliphatic carbocycles. The molecule has 0 unspecified atom stereocenters. The average molecular weight is 253 g/mol. The molecule has 1 atom stereocenters. The highest BCUT2D eigenvalue weighted by Gasteiger charge is 2.27. The molecule has 2 aromatic rings. The molecule has 0 radical (unpaired) electrons. The lowest BCUT2D eigenvalue weighted by molar-refractivity contribution is 0.531. The Balaban J connectivity index is 1.92. The smallest absolute Gasteiger partial charge is 0.0209 e. The lowest BCUT2D eigenvalue weighted by atomic mass is 9.86. The summed E-state index contributed by atoms with van der Waals surface area (Å²) in [5.41, 5.74) is 4.58. The van der Waals surface area contributed by atoms with Crippen molar-refractivity contribution in [2.75, 3.05) is 6.54 Å². The summed E-state index contributed by atoms with van der Waals surface area (Å²) in [4.78, 5) is 2.89. The first-order valence-corrected chi connectivity index (χ1v) is 7.32. The van der Waals surface area contributed by atoms with Crippen LogP contribution in [0.15, 0.2) is 52.3 Å². The SMILES string of the molecule is c1ccc2c(c1)C[C@@H]1CNCc3cccc(c31)S2. The normalized spacial score (nSPS) is 20.8. The molecule has 4 rings (SSSR count). The number of fused-ring (bicyclic) bond motifs is 1. The summed E-state index contributed by atoms with van der Waals surface area (Å²) < 4.78 is 0. The molecule has 2 aliphatic heterocycles. The van der Waals surface area contributed by atoms with Crippen LogP contribution < -0.4 is 5.32 Å². The number of hydrogen-bond donors (Lipinski definition) is 1. The van der Waals surface area contributed by atoms with Gasteiger partial charge in [-0.05, 0) is 35.2 Å². The van der Waals surface area contributed by atoms with Gasteiger partial charge in [0.15, 0.2) is 0 Å². The van der Waals surface area contributed by atoms with Gasteiger partial charge in [0.1, 0.15) is 0 Å². The standard InChI is InChI=1S/C16H15NS/c1-2-6-14-11(4-1)8-13-10-17-9-12-5-3-7-15(18-14)16(12)13/h1-7,13,17H,8-10H2/t13-/m1/s1. The van der Waals surface area contributed by atoms with E-state index in [-0.39, 0.29) is 0 Å². The highest BCUT2D eigenvalue weighted by molar-refractivity contribution is 7.99. The topological polar surface area (TPSA) is 12.0 Å². The zero-order valence-corrected chi connectivity index (χ0v) is 11.0. The summed E-state index contributed by atoms with van der Waals surface area (Å²) in [7, 11) is 0. The molecule has 2 heterocycles. The predicted molar refractivity (Wildman–Crippen MR) is 75.2 cm³/mol. The summed E-state index contributed by atoms with van der Waals surface area (Å²) >= 11 is 1.94. The molecule has 0 aromatic heterocycles. The van der Waals surface area contributed by atoms with Crippen molar-refractivity contribution in [1.29, 1.82) is 0 Å². The number of rotatable bonds is 0. The van der Waals surface area contributed by atoms with E-state index in [9.17, 15) is 0 Å². The lowest BCUT2D eigenvalue weighted by Gasteiger charge is -2.26. The van der Waals surface area contributed by atoms with Gasteiger partial charge >= 0.3 is 0 Å². The Labute approximate surface area is 112 Å². The van der Waals surface area contributed by atoms with Gasteiger partial charge in [-0.2, -0.15) is 0 Å². The van der Waals surface area contributed by atoms with Crippen molar-refractivity contribution in [2.24, 2.45) is 0 Å². The van der Waals surface area contributed by atoms with E-state index in [0.29, 0.717) is 5.92 Å². The molecule has 0 saturated heterocycles. The van der Waals surface area contributed by atoms with Gasteiger partial charge in [-0.15, -0.1) is 0 Å². The lowest BCUT2D eigenvalue weighted by Crippen LogP contribution is -2.29. The first-order valence-electron chi connectivity index (χ1n) is 6.50. The minimum Gasteiger partial charge on any atom is -0.312 e. The highest BCUT2D eigenvalue weighted by Crippen LogP contribution is 2.43. The van der Waals surface area contributed by atoms with Gasteiger partial charge < -0.3 is 5.32 Å². The molecule has 2 aromatic carbocycles. The van der Waals surface area contributed by atoms with Crippen molar-refractivity contribution >= 4 is 11.8 Å². The molecule has 90 valence electrons. The molecule has 0 spiro atoms. The third-order valence-corrected chi connectivity index (χ3v) is 5.12. The van der Waals surface area contributed by atoms with Crippen LogP contribution in [0.25, 0.3) is 0 Å². The van der Waals surface area contributed by atoms with E-state index in [0.717, 1.165) is 13.1 Å². The van der Waals surface area contributed by atoms with E-state index >= 15 is 0 Å². The van der Waals surface area contributed by atoms with Crippen LogP contribution >= 0.6 is 11.8 Å². The maximum absolute atomic E-state index is 3.55. The Kier molecular flexibility index (Phi) is 2.45. The summed E-state index contributed by atoms with van der Waals surface area (Å²) in [5, 5.41) is 3.55. The molecule has 0 saturated carbocycles. The van der Waals surface area contributed by atoms with Gasteiger partial charge in [0.05, 0.1) is 0 Å². The first kappa shape index (κ1) is 10.7. The third kappa shape index (κ3) is 1.60. The summed E-state index contributed by atoms with van der Waals surface area (Å²) in [6.45, 7) is 2.13. The van der Waals surface area contributed by atoms with Crippen LogP contribution in [-0.2, 0) is 13.0 Å². The summed E-state index contributed by atoms with van der Waals surface area (Å²) in [5.74, 6) is 0.640. The van der Waals surface area contributed by atoms with Crippen molar-refractivity contribution in [3.05, 3.63) is 59.2 Å². The predicted octanol–water partition coefficient (Wildman–Crippen LogP) is 3.58. The van der Waals surface area contributed by atoms with Crippen molar-refractivity contribution in [1.82, 2.24) is 5.32 Å². The van der Waals surface area contributed by atoms with Gasteiger partial charge in [0, 0.05) is 28.8 Å². The van der Waals surface area contributed by atoms with Gasteiger partial charge in [-0.1, -0.05) is 42.1 Å². The quantitative estimate of drug-likeness (QED) is 0.770. The van der Waals surface area contributed by atoms with Crippen LogP contribution in [0.2, 0.25) is 0 Å². The second-order valence-electron chi connectivity index (χ2n) is 5.07. The molecule has 18 heavy (non-hydrogen) atoms. The zero-order chi connectivity index (χ0) is 11.9. The van der Waals surface area contributed by atoms with E-state index in [1.165, 1.54) is 27.3 Å². The van der Waals surface area contributed by atoms with Gasteiger partial charge in [0.2, 0.25) is 0 Å². The molecule has 1 nitrogen and oxygen atoms in total. The van der Waals surface area contributed by atoms with Crippen LogP contribution in [0.3, 0.4) is 0 Å². The minimum absolute atomic E-state index is 0.640. The first-order chi connectivity index (χ1) is 8.92. The fourth-order valence-electron chi connectivity index (χ4n) is 3.11. The van der Waals surface area contributed by atoms with Gasteiger partial charge in [-0.3, -0.25) is 0 Å². The van der Waals surface area contributed by atoms with Crippen LogP contribution in [-0.4, -0.2) is 6.54 Å². The number of benzene rings is 2. The second kappa shape index (κ2) is 4.15. The highest BCUT2D eigenvalue weighted by atomic mass is 32.2. The van der Waals surface area contributed by atoms with Crippen LogP contribution in [0.1, 0.15) is 22.6 Å². The van der Waals surface area contributed by atoms with Crippen LogP contribution in [0.4, 0.5) is 0 Å². The largest absolute Gasteiger partial charge is 0.312 e. The van der Waals surface area contributed by atoms with Gasteiger partial charge in [-0.25, -0.2) is 0 Å². The molecular formula is C16H15NS. The maximum Gasteiger partial charge on any atom is 0.0209 e. The van der Waals surface area contributed by atoms with E-state index in [1.807, 2.05) is 11.8 Å². The fraction of sp³-hybridized carbons (Fsp3) is 0.250. The molecule has 0 amide bonds. The molecular weight excluding hydrogens is 238 g/mol. The monoisotopic (exact) mass is 253 g/mol. The Morgan fingerprint density at radius 1 is 0.944 bits per heavy atom. The second-order valence-corrected chi connectivity index (χ2v) is 6.15. The van der Waals surface area contributed by atoms with Crippen molar-refractivity contribution in [3.8, 4) is 0 Å². The zero-order valence-electron chi connectivity index (χ0n) is 10.1. The van der Waals surface area contributed by atoms with E-state index < -0.39 is 0 Å². The van der Waals surface area contributed by atoms with E-state index in [4.69, 9.17) is 0 Å². The molecule has 0 bridgehead atoms. The fourth-order valence-corrected chi connectivity index (χ4v) is 4.33. The third-order valence-electron chi connectivity index (χ3n) is 3.93. The maximum atomic E-state index is 3.55. The van der Waals surface area contributed by atoms with E-state index in [2.05, 4.69) is 47.8 Å². The van der Waals surface area contributed by atoms with Crippen molar-refractivity contribution in [2.45, 2.75) is 28.7 Å². The minimum atomic E-state index is 0.640.